The van der Waals surface area contributed by atoms with Gasteiger partial charge in [-0.1, -0.05) is 25.1 Å². The summed E-state index contributed by atoms with van der Waals surface area (Å²) in [4.78, 5) is 2.32. The van der Waals surface area contributed by atoms with Crippen molar-refractivity contribution in [3.63, 3.8) is 0 Å². The molecule has 2 aromatic rings. The predicted molar refractivity (Wildman–Crippen MR) is 89.6 cm³/mol. The van der Waals surface area contributed by atoms with Gasteiger partial charge in [-0.25, -0.2) is 0 Å². The molecule has 1 aromatic heterocycles. The van der Waals surface area contributed by atoms with E-state index in [1.807, 2.05) is 18.8 Å². The molecule has 0 radical (unpaired) electrons. The van der Waals surface area contributed by atoms with Crippen LogP contribution in [0, 0.1) is 0 Å². The van der Waals surface area contributed by atoms with Gasteiger partial charge in [0.05, 0.1) is 11.2 Å². The third kappa shape index (κ3) is 2.83. The third-order valence-corrected chi connectivity index (χ3v) is 5.07. The number of likely N-dealkylation sites (N-methyl/N-ethyl adjacent to an activating group) is 2. The first-order valence-corrected chi connectivity index (χ1v) is 7.69. The van der Waals surface area contributed by atoms with Crippen molar-refractivity contribution < 1.29 is 0 Å². The summed E-state index contributed by atoms with van der Waals surface area (Å²) < 4.78 is 1.98. The van der Waals surface area contributed by atoms with Gasteiger partial charge in [-0.2, -0.15) is 5.10 Å². The van der Waals surface area contributed by atoms with E-state index >= 15 is 0 Å². The van der Waals surface area contributed by atoms with E-state index in [0.717, 1.165) is 12.8 Å². The molecule has 0 fully saturated rings. The molecule has 4 heteroatoms. The molecule has 2 rings (SSSR count). The molecular formula is C17H28N4. The molecule has 4 nitrogen and oxygen atoms in total. The molecule has 2 unspecified atom stereocenters. The van der Waals surface area contributed by atoms with Crippen molar-refractivity contribution in [3.8, 4) is 0 Å². The van der Waals surface area contributed by atoms with Crippen molar-refractivity contribution in [3.05, 3.63) is 30.0 Å². The summed E-state index contributed by atoms with van der Waals surface area (Å²) in [5.74, 6) is 0. The fourth-order valence-corrected chi connectivity index (χ4v) is 3.14. The van der Waals surface area contributed by atoms with Crippen LogP contribution in [0.15, 0.2) is 24.3 Å². The molecule has 0 saturated heterocycles. The first-order valence-electron chi connectivity index (χ1n) is 7.69. The van der Waals surface area contributed by atoms with Gasteiger partial charge in [-0.05, 0) is 40.6 Å². The normalized spacial score (nSPS) is 16.3. The lowest BCUT2D eigenvalue weighted by molar-refractivity contribution is 0.116. The molecule has 1 N–H and O–H groups in total. The highest BCUT2D eigenvalue weighted by atomic mass is 15.3. The summed E-state index contributed by atoms with van der Waals surface area (Å²) in [6.45, 7) is 4.57. The second kappa shape index (κ2) is 6.16. The standard InChI is InChI=1S/C17H28N4/c1-7-17(2,20(4)5)16(18-3)12-14-13-10-8-9-11-15(13)21(6)19-14/h8-11,16,18H,7,12H2,1-6H3. The summed E-state index contributed by atoms with van der Waals surface area (Å²) in [5, 5.41) is 9.51. The molecule has 0 spiro atoms. The number of aromatic nitrogens is 2. The van der Waals surface area contributed by atoms with Crippen LogP contribution in [0.2, 0.25) is 0 Å². The zero-order valence-corrected chi connectivity index (χ0v) is 14.1. The minimum absolute atomic E-state index is 0.105. The fraction of sp³-hybridized carbons (Fsp3) is 0.588. The van der Waals surface area contributed by atoms with Gasteiger partial charge in [0, 0.05) is 30.4 Å². The monoisotopic (exact) mass is 288 g/mol. The summed E-state index contributed by atoms with van der Waals surface area (Å²) in [6, 6.07) is 8.82. The maximum absolute atomic E-state index is 4.74. The Morgan fingerprint density at radius 1 is 1.33 bits per heavy atom. The molecule has 0 amide bonds. The molecule has 0 aliphatic heterocycles. The first kappa shape index (κ1) is 16.0. The Hall–Kier alpha value is -1.39. The Bertz CT molecular complexity index is 602. The van der Waals surface area contributed by atoms with Crippen LogP contribution < -0.4 is 5.32 Å². The van der Waals surface area contributed by atoms with Gasteiger partial charge in [0.1, 0.15) is 0 Å². The lowest BCUT2D eigenvalue weighted by Gasteiger charge is -2.42. The van der Waals surface area contributed by atoms with Gasteiger partial charge in [0.2, 0.25) is 0 Å². The molecule has 1 heterocycles. The van der Waals surface area contributed by atoms with Crippen molar-refractivity contribution >= 4 is 10.9 Å². The van der Waals surface area contributed by atoms with Crippen LogP contribution in [0.1, 0.15) is 26.0 Å². The fourth-order valence-electron chi connectivity index (χ4n) is 3.14. The quantitative estimate of drug-likeness (QED) is 0.886. The van der Waals surface area contributed by atoms with Gasteiger partial charge in [0.25, 0.3) is 0 Å². The van der Waals surface area contributed by atoms with E-state index in [2.05, 4.69) is 62.4 Å². The predicted octanol–water partition coefficient (Wildman–Crippen LogP) is 2.43. The van der Waals surface area contributed by atoms with E-state index in [0.29, 0.717) is 6.04 Å². The summed E-state index contributed by atoms with van der Waals surface area (Å²) in [7, 11) is 8.38. The molecule has 0 aliphatic rings. The van der Waals surface area contributed by atoms with Crippen molar-refractivity contribution in [1.29, 1.82) is 0 Å². The van der Waals surface area contributed by atoms with Gasteiger partial charge in [0.15, 0.2) is 0 Å². The Morgan fingerprint density at radius 2 is 2.00 bits per heavy atom. The van der Waals surface area contributed by atoms with Gasteiger partial charge >= 0.3 is 0 Å². The Kier molecular flexibility index (Phi) is 4.69. The zero-order valence-electron chi connectivity index (χ0n) is 14.1. The SMILES string of the molecule is CCC(C)(C(Cc1nn(C)c2ccccc12)NC)N(C)C. The maximum atomic E-state index is 4.74. The summed E-state index contributed by atoms with van der Waals surface area (Å²) >= 11 is 0. The van der Waals surface area contributed by atoms with E-state index < -0.39 is 0 Å². The molecular weight excluding hydrogens is 260 g/mol. The third-order valence-electron chi connectivity index (χ3n) is 5.07. The number of hydrogen-bond donors (Lipinski definition) is 1. The van der Waals surface area contributed by atoms with Gasteiger partial charge in [-0.15, -0.1) is 0 Å². The van der Waals surface area contributed by atoms with E-state index in [9.17, 15) is 0 Å². The highest BCUT2D eigenvalue weighted by Crippen LogP contribution is 2.26. The average molecular weight is 288 g/mol. The molecule has 0 saturated carbocycles. The number of rotatable bonds is 6. The maximum Gasteiger partial charge on any atom is 0.0719 e. The van der Waals surface area contributed by atoms with Crippen LogP contribution in [0.4, 0.5) is 0 Å². The smallest absolute Gasteiger partial charge is 0.0719 e. The van der Waals surface area contributed by atoms with Gasteiger partial charge < -0.3 is 10.2 Å². The van der Waals surface area contributed by atoms with Crippen LogP contribution in [0.25, 0.3) is 10.9 Å². The Labute approximate surface area is 128 Å². The number of nitrogens with one attached hydrogen (secondary N) is 1. The van der Waals surface area contributed by atoms with Crippen LogP contribution in [0.3, 0.4) is 0 Å². The van der Waals surface area contributed by atoms with Crippen molar-refractivity contribution in [2.45, 2.75) is 38.3 Å². The lowest BCUT2D eigenvalue weighted by atomic mass is 9.85. The van der Waals surface area contributed by atoms with Crippen LogP contribution >= 0.6 is 0 Å². The number of aryl methyl sites for hydroxylation is 1. The number of fused-ring (bicyclic) bond motifs is 1. The first-order chi connectivity index (χ1) is 9.93. The average Bonchev–Trinajstić information content (AvgIpc) is 2.80. The summed E-state index contributed by atoms with van der Waals surface area (Å²) in [5.41, 5.74) is 2.48. The molecule has 2 atom stereocenters. The number of nitrogens with zero attached hydrogens (tertiary/aromatic N) is 3. The van der Waals surface area contributed by atoms with Crippen LogP contribution in [-0.2, 0) is 13.5 Å². The molecule has 0 bridgehead atoms. The van der Waals surface area contributed by atoms with Gasteiger partial charge in [-0.3, -0.25) is 4.68 Å². The minimum atomic E-state index is 0.105. The zero-order chi connectivity index (χ0) is 15.6. The van der Waals surface area contributed by atoms with E-state index in [4.69, 9.17) is 5.10 Å². The highest BCUT2D eigenvalue weighted by Gasteiger charge is 2.34. The van der Waals surface area contributed by atoms with Crippen LogP contribution in [-0.4, -0.2) is 47.4 Å². The summed E-state index contributed by atoms with van der Waals surface area (Å²) in [6.07, 6.45) is 2.02. The molecule has 1 aromatic carbocycles. The van der Waals surface area contributed by atoms with Crippen molar-refractivity contribution in [2.75, 3.05) is 21.1 Å². The van der Waals surface area contributed by atoms with E-state index in [1.54, 1.807) is 0 Å². The molecule has 21 heavy (non-hydrogen) atoms. The van der Waals surface area contributed by atoms with E-state index in [1.165, 1.54) is 16.6 Å². The second-order valence-electron chi connectivity index (χ2n) is 6.24. The number of para-hydroxylation sites is 1. The van der Waals surface area contributed by atoms with Crippen molar-refractivity contribution in [2.24, 2.45) is 7.05 Å². The number of hydrogen-bond acceptors (Lipinski definition) is 3. The topological polar surface area (TPSA) is 33.1 Å². The van der Waals surface area contributed by atoms with Crippen molar-refractivity contribution in [1.82, 2.24) is 20.0 Å². The molecule has 0 aliphatic carbocycles. The Morgan fingerprint density at radius 3 is 2.57 bits per heavy atom. The second-order valence-corrected chi connectivity index (χ2v) is 6.24. The molecule has 116 valence electrons. The number of benzene rings is 1. The minimum Gasteiger partial charge on any atom is -0.315 e. The van der Waals surface area contributed by atoms with E-state index in [-0.39, 0.29) is 5.54 Å². The lowest BCUT2D eigenvalue weighted by Crippen LogP contribution is -2.57. The highest BCUT2D eigenvalue weighted by molar-refractivity contribution is 5.81. The van der Waals surface area contributed by atoms with Crippen LogP contribution in [0.5, 0.6) is 0 Å². The largest absolute Gasteiger partial charge is 0.315 e. The Balaban J connectivity index is 2.37.